The molecule has 0 radical (unpaired) electrons. The molecule has 7 heteroatoms. The summed E-state index contributed by atoms with van der Waals surface area (Å²) < 4.78 is 18.9. The van der Waals surface area contributed by atoms with E-state index in [1.54, 1.807) is 23.7 Å². The van der Waals surface area contributed by atoms with Crippen LogP contribution >= 0.6 is 0 Å². The van der Waals surface area contributed by atoms with Gasteiger partial charge in [0, 0.05) is 18.8 Å². The lowest BCUT2D eigenvalue weighted by Gasteiger charge is -2.37. The zero-order chi connectivity index (χ0) is 27.3. The summed E-state index contributed by atoms with van der Waals surface area (Å²) >= 11 is 0. The predicted molar refractivity (Wildman–Crippen MR) is 147 cm³/mol. The fourth-order valence-corrected chi connectivity index (χ4v) is 5.43. The molecule has 7 unspecified atom stereocenters. The van der Waals surface area contributed by atoms with Crippen LogP contribution in [-0.2, 0) is 23.8 Å². The van der Waals surface area contributed by atoms with E-state index in [-0.39, 0.29) is 49.1 Å². The monoisotopic (exact) mass is 527 g/mol. The summed E-state index contributed by atoms with van der Waals surface area (Å²) in [5.41, 5.74) is 2.93. The van der Waals surface area contributed by atoms with E-state index in [1.807, 2.05) is 18.2 Å². The van der Waals surface area contributed by atoms with Crippen molar-refractivity contribution in [3.05, 3.63) is 60.3 Å². The van der Waals surface area contributed by atoms with Crippen LogP contribution in [0.25, 0.3) is 0 Å². The van der Waals surface area contributed by atoms with Crippen molar-refractivity contribution in [2.45, 2.75) is 109 Å². The lowest BCUT2D eigenvalue weighted by atomic mass is 9.90. The number of esters is 1. The zero-order valence-corrected chi connectivity index (χ0v) is 23.1. The normalized spacial score (nSPS) is 34.7. The van der Waals surface area contributed by atoms with Crippen LogP contribution in [-0.4, -0.2) is 47.6 Å². The Labute approximate surface area is 227 Å². The van der Waals surface area contributed by atoms with Gasteiger partial charge in [0.15, 0.2) is 0 Å². The van der Waals surface area contributed by atoms with E-state index in [0.717, 1.165) is 38.5 Å². The molecule has 0 aromatic heterocycles. The number of amides is 1. The van der Waals surface area contributed by atoms with E-state index in [1.165, 1.54) is 12.0 Å². The molecule has 3 aliphatic rings. The highest BCUT2D eigenvalue weighted by molar-refractivity contribution is 5.76. The Morgan fingerprint density at radius 1 is 0.974 bits per heavy atom. The minimum Gasteiger partial charge on any atom is -0.457 e. The standard InChI is InChI=1S/C31H45NO6/c1-4-24-18-27-20-26-12-10-11-25(36-26)17-22(2)15-16-23(3)29(38-31(34)21-28(19-24)37-27)13-8-6-5-7-9-14-30(33)32-35/h4-9,13,15-16,22-23,25-29,35H,10-12,14,17-21H2,1-3H3,(H,32,33). The van der Waals surface area contributed by atoms with Gasteiger partial charge in [-0.05, 0) is 57.4 Å². The number of hydrogen-bond acceptors (Lipinski definition) is 6. The van der Waals surface area contributed by atoms with Crippen LogP contribution in [0.4, 0.5) is 0 Å². The molecule has 3 heterocycles. The highest BCUT2D eigenvalue weighted by atomic mass is 16.5. The van der Waals surface area contributed by atoms with Gasteiger partial charge in [0.1, 0.15) is 6.10 Å². The molecule has 7 atom stereocenters. The highest BCUT2D eigenvalue weighted by Gasteiger charge is 2.32. The van der Waals surface area contributed by atoms with Crippen molar-refractivity contribution < 1.29 is 29.0 Å². The summed E-state index contributed by atoms with van der Waals surface area (Å²) in [6.45, 7) is 6.34. The van der Waals surface area contributed by atoms with Crippen LogP contribution in [0, 0.1) is 11.8 Å². The summed E-state index contributed by atoms with van der Waals surface area (Å²) in [6.07, 6.45) is 24.4. The van der Waals surface area contributed by atoms with Gasteiger partial charge in [-0.3, -0.25) is 14.8 Å². The van der Waals surface area contributed by atoms with E-state index < -0.39 is 12.0 Å². The quantitative estimate of drug-likeness (QED) is 0.152. The second kappa shape index (κ2) is 15.8. The molecule has 3 aliphatic heterocycles. The van der Waals surface area contributed by atoms with Crippen LogP contribution in [0.15, 0.2) is 60.3 Å². The number of carbonyl (C=O) groups is 2. The number of hydroxylamine groups is 1. The molecule has 0 aromatic carbocycles. The average Bonchev–Trinajstić information content (AvgIpc) is 2.89. The van der Waals surface area contributed by atoms with Gasteiger partial charge in [0.05, 0.1) is 30.8 Å². The fraction of sp³-hybridized carbons (Fsp3) is 0.613. The second-order valence-corrected chi connectivity index (χ2v) is 10.8. The number of ether oxygens (including phenoxy) is 3. The third kappa shape index (κ3) is 10.4. The van der Waals surface area contributed by atoms with Crippen LogP contribution in [0.2, 0.25) is 0 Å². The van der Waals surface area contributed by atoms with Gasteiger partial charge in [-0.15, -0.1) is 0 Å². The van der Waals surface area contributed by atoms with Crippen molar-refractivity contribution in [2.75, 3.05) is 0 Å². The van der Waals surface area contributed by atoms with Gasteiger partial charge in [-0.25, -0.2) is 5.48 Å². The summed E-state index contributed by atoms with van der Waals surface area (Å²) in [6, 6.07) is 0. The molecule has 0 aromatic rings. The molecule has 0 aliphatic carbocycles. The van der Waals surface area contributed by atoms with Gasteiger partial charge in [-0.1, -0.05) is 68.0 Å². The summed E-state index contributed by atoms with van der Waals surface area (Å²) in [5.74, 6) is -0.369. The van der Waals surface area contributed by atoms with E-state index in [0.29, 0.717) is 5.92 Å². The minimum atomic E-state index is -0.470. The van der Waals surface area contributed by atoms with E-state index in [9.17, 15) is 9.59 Å². The number of cyclic esters (lactones) is 1. The lowest BCUT2D eigenvalue weighted by molar-refractivity contribution is -0.154. The number of allylic oxidation sites excluding steroid dienone is 6. The molecule has 0 saturated carbocycles. The largest absolute Gasteiger partial charge is 0.457 e. The third-order valence-corrected chi connectivity index (χ3v) is 7.49. The van der Waals surface area contributed by atoms with Crippen LogP contribution in [0.3, 0.4) is 0 Å². The van der Waals surface area contributed by atoms with E-state index >= 15 is 0 Å². The van der Waals surface area contributed by atoms with Gasteiger partial charge in [-0.2, -0.15) is 0 Å². The first-order valence-electron chi connectivity index (χ1n) is 14.1. The van der Waals surface area contributed by atoms with Crippen molar-refractivity contribution >= 4 is 11.9 Å². The van der Waals surface area contributed by atoms with Crippen LogP contribution in [0.5, 0.6) is 0 Å². The molecule has 7 nitrogen and oxygen atoms in total. The molecule has 1 amide bonds. The number of hydrogen-bond donors (Lipinski definition) is 2. The third-order valence-electron chi connectivity index (χ3n) is 7.49. The Morgan fingerprint density at radius 3 is 2.45 bits per heavy atom. The maximum Gasteiger partial charge on any atom is 0.309 e. The summed E-state index contributed by atoms with van der Waals surface area (Å²) in [5, 5.41) is 8.54. The number of fused-ring (bicyclic) bond motifs is 4. The molecule has 3 rings (SSSR count). The number of carbonyl (C=O) groups excluding carboxylic acids is 2. The molecule has 0 spiro atoms. The molecule has 2 N–H and O–H groups in total. The van der Waals surface area contributed by atoms with Gasteiger partial charge >= 0.3 is 5.97 Å². The maximum atomic E-state index is 13.0. The van der Waals surface area contributed by atoms with Gasteiger partial charge < -0.3 is 14.2 Å². The van der Waals surface area contributed by atoms with E-state index in [4.69, 9.17) is 19.4 Å². The van der Waals surface area contributed by atoms with Crippen molar-refractivity contribution in [3.8, 4) is 0 Å². The van der Waals surface area contributed by atoms with Crippen molar-refractivity contribution in [2.24, 2.45) is 11.8 Å². The van der Waals surface area contributed by atoms with Gasteiger partial charge in [0.25, 0.3) is 0 Å². The van der Waals surface area contributed by atoms with Gasteiger partial charge in [0.2, 0.25) is 5.91 Å². The number of nitrogens with one attached hydrogen (secondary N) is 1. The minimum absolute atomic E-state index is 0.00566. The predicted octanol–water partition coefficient (Wildman–Crippen LogP) is 5.91. The molecule has 2 fully saturated rings. The van der Waals surface area contributed by atoms with E-state index in [2.05, 4.69) is 39.0 Å². The Kier molecular flexibility index (Phi) is 12.5. The highest BCUT2D eigenvalue weighted by Crippen LogP contribution is 2.33. The van der Waals surface area contributed by atoms with Crippen molar-refractivity contribution in [1.82, 2.24) is 5.48 Å². The topological polar surface area (TPSA) is 94.1 Å². The molecule has 2 saturated heterocycles. The Morgan fingerprint density at radius 2 is 1.68 bits per heavy atom. The molecular formula is C31H45NO6. The van der Waals surface area contributed by atoms with Crippen molar-refractivity contribution in [1.29, 1.82) is 0 Å². The Bertz CT molecular complexity index is 919. The SMILES string of the molecule is CC=C1CC2CC(=O)OC(C=CC=CC=CCC(=O)NO)C(C)C=CC(C)CC3CCCC(CC(C1)O2)O3. The Balaban J connectivity index is 1.74. The zero-order valence-electron chi connectivity index (χ0n) is 23.1. The second-order valence-electron chi connectivity index (χ2n) is 10.8. The fourth-order valence-electron chi connectivity index (χ4n) is 5.43. The maximum absolute atomic E-state index is 13.0. The first-order valence-corrected chi connectivity index (χ1v) is 14.1. The lowest BCUT2D eigenvalue weighted by Crippen LogP contribution is -2.37. The summed E-state index contributed by atoms with van der Waals surface area (Å²) in [4.78, 5) is 24.1. The molecule has 38 heavy (non-hydrogen) atoms. The molecule has 210 valence electrons. The first-order chi connectivity index (χ1) is 18.4. The molecule has 4 bridgehead atoms. The van der Waals surface area contributed by atoms with Crippen LogP contribution in [0.1, 0.15) is 78.6 Å². The Hall–Kier alpha value is -2.48. The van der Waals surface area contributed by atoms with Crippen LogP contribution < -0.4 is 5.48 Å². The number of rotatable bonds is 5. The first kappa shape index (κ1) is 30.1. The molecular weight excluding hydrogens is 482 g/mol. The van der Waals surface area contributed by atoms with Crippen molar-refractivity contribution in [3.63, 3.8) is 0 Å². The average molecular weight is 528 g/mol. The summed E-state index contributed by atoms with van der Waals surface area (Å²) in [7, 11) is 0. The smallest absolute Gasteiger partial charge is 0.309 e.